The Labute approximate surface area is 136 Å². The van der Waals surface area contributed by atoms with E-state index >= 15 is 0 Å². The van der Waals surface area contributed by atoms with Crippen molar-refractivity contribution in [2.24, 2.45) is 5.92 Å². The minimum absolute atomic E-state index is 0.636. The minimum atomic E-state index is 0.636. The van der Waals surface area contributed by atoms with E-state index in [0.717, 1.165) is 5.92 Å². The molecule has 0 spiro atoms. The van der Waals surface area contributed by atoms with Crippen LogP contribution in [0.4, 0.5) is 0 Å². The van der Waals surface area contributed by atoms with Crippen molar-refractivity contribution in [1.29, 1.82) is 0 Å². The second-order valence-electron chi connectivity index (χ2n) is 7.44. The number of rotatable bonds is 6. The molecule has 0 amide bonds. The van der Waals surface area contributed by atoms with Crippen LogP contribution in [0, 0.1) is 5.92 Å². The van der Waals surface area contributed by atoms with Crippen molar-refractivity contribution in [3.63, 3.8) is 0 Å². The lowest BCUT2D eigenvalue weighted by Gasteiger charge is -2.33. The van der Waals surface area contributed by atoms with Crippen LogP contribution in [-0.2, 0) is 6.42 Å². The summed E-state index contributed by atoms with van der Waals surface area (Å²) in [5.74, 6) is 1.02. The van der Waals surface area contributed by atoms with Crippen LogP contribution in [-0.4, -0.2) is 34.3 Å². The van der Waals surface area contributed by atoms with Gasteiger partial charge < -0.3 is 4.90 Å². The number of likely N-dealkylation sites (tertiary alicyclic amines) is 1. The molecule has 1 aliphatic carbocycles. The highest BCUT2D eigenvalue weighted by molar-refractivity contribution is 5.04. The van der Waals surface area contributed by atoms with E-state index in [4.69, 9.17) is 0 Å². The molecule has 2 heterocycles. The third kappa shape index (κ3) is 4.34. The summed E-state index contributed by atoms with van der Waals surface area (Å²) in [6.07, 6.45) is 18.1. The van der Waals surface area contributed by atoms with Crippen LogP contribution in [0.3, 0.4) is 0 Å². The Morgan fingerprint density at radius 3 is 2.59 bits per heavy atom. The first kappa shape index (κ1) is 16.0. The summed E-state index contributed by atoms with van der Waals surface area (Å²) >= 11 is 0. The van der Waals surface area contributed by atoms with Gasteiger partial charge >= 0.3 is 0 Å². The predicted molar refractivity (Wildman–Crippen MR) is 92.1 cm³/mol. The highest BCUT2D eigenvalue weighted by atomic mass is 15.3. The van der Waals surface area contributed by atoms with Crippen molar-refractivity contribution in [3.8, 4) is 0 Å². The normalized spacial score (nSPS) is 22.2. The maximum absolute atomic E-state index is 4.60. The summed E-state index contributed by atoms with van der Waals surface area (Å²) in [6.45, 7) is 6.10. The van der Waals surface area contributed by atoms with Crippen LogP contribution < -0.4 is 0 Å². The van der Waals surface area contributed by atoms with Gasteiger partial charge in [-0.2, -0.15) is 5.10 Å². The maximum Gasteiger partial charge on any atom is 0.0543 e. The van der Waals surface area contributed by atoms with Gasteiger partial charge in [-0.1, -0.05) is 45.4 Å². The fourth-order valence-corrected chi connectivity index (χ4v) is 4.24. The molecule has 3 rings (SSSR count). The van der Waals surface area contributed by atoms with Crippen LogP contribution in [0.2, 0.25) is 0 Å². The van der Waals surface area contributed by atoms with Crippen molar-refractivity contribution in [1.82, 2.24) is 14.7 Å². The van der Waals surface area contributed by atoms with Crippen LogP contribution in [0.5, 0.6) is 0 Å². The molecule has 0 radical (unpaired) electrons. The zero-order chi connectivity index (χ0) is 15.2. The largest absolute Gasteiger partial charge is 0.303 e. The number of hydrogen-bond donors (Lipinski definition) is 0. The van der Waals surface area contributed by atoms with E-state index in [1.165, 1.54) is 89.4 Å². The molecule has 0 bridgehead atoms. The summed E-state index contributed by atoms with van der Waals surface area (Å²) in [6, 6.07) is 0.636. The van der Waals surface area contributed by atoms with E-state index in [1.807, 2.05) is 0 Å². The molecular weight excluding hydrogens is 270 g/mol. The van der Waals surface area contributed by atoms with Crippen molar-refractivity contribution < 1.29 is 0 Å². The van der Waals surface area contributed by atoms with Gasteiger partial charge in [0.1, 0.15) is 0 Å². The van der Waals surface area contributed by atoms with Gasteiger partial charge in [-0.25, -0.2) is 0 Å². The van der Waals surface area contributed by atoms with Gasteiger partial charge in [0.15, 0.2) is 0 Å². The molecule has 2 aliphatic rings. The summed E-state index contributed by atoms with van der Waals surface area (Å²) in [4.78, 5) is 2.70. The van der Waals surface area contributed by atoms with Gasteiger partial charge in [-0.3, -0.25) is 4.68 Å². The smallest absolute Gasteiger partial charge is 0.0543 e. The molecule has 0 N–H and O–H groups in total. The monoisotopic (exact) mass is 303 g/mol. The van der Waals surface area contributed by atoms with E-state index in [9.17, 15) is 0 Å². The number of aryl methyl sites for hydroxylation is 1. The molecular formula is C19H33N3. The Kier molecular flexibility index (Phi) is 5.94. The van der Waals surface area contributed by atoms with Gasteiger partial charge in [0.05, 0.1) is 12.2 Å². The first-order valence-electron chi connectivity index (χ1n) is 9.60. The second kappa shape index (κ2) is 8.14. The molecule has 1 aliphatic heterocycles. The summed E-state index contributed by atoms with van der Waals surface area (Å²) in [5, 5.41) is 4.60. The second-order valence-corrected chi connectivity index (χ2v) is 7.44. The third-order valence-corrected chi connectivity index (χ3v) is 5.70. The molecule has 2 fully saturated rings. The molecule has 1 aromatic heterocycles. The topological polar surface area (TPSA) is 21.1 Å². The Balaban J connectivity index is 1.39. The lowest BCUT2D eigenvalue weighted by Crippen LogP contribution is -2.36. The van der Waals surface area contributed by atoms with E-state index in [1.54, 1.807) is 0 Å². The Morgan fingerprint density at radius 2 is 1.86 bits per heavy atom. The van der Waals surface area contributed by atoms with Crippen molar-refractivity contribution >= 4 is 0 Å². The summed E-state index contributed by atoms with van der Waals surface area (Å²) in [7, 11) is 0. The lowest BCUT2D eigenvalue weighted by atomic mass is 9.87. The van der Waals surface area contributed by atoms with E-state index in [0.29, 0.717) is 6.04 Å². The maximum atomic E-state index is 4.60. The SMILES string of the molecule is CCCc1cnn(C2CCN(CCC3CCCCC3)CC2)c1. The van der Waals surface area contributed by atoms with Crippen molar-refractivity contribution in [2.75, 3.05) is 19.6 Å². The number of nitrogens with zero attached hydrogens (tertiary/aromatic N) is 3. The Morgan fingerprint density at radius 1 is 1.09 bits per heavy atom. The molecule has 1 aromatic rings. The molecule has 3 heteroatoms. The fourth-order valence-electron chi connectivity index (χ4n) is 4.24. The van der Waals surface area contributed by atoms with Gasteiger partial charge in [-0.15, -0.1) is 0 Å². The molecule has 3 nitrogen and oxygen atoms in total. The van der Waals surface area contributed by atoms with Gasteiger partial charge in [0, 0.05) is 19.3 Å². The van der Waals surface area contributed by atoms with Gasteiger partial charge in [0.2, 0.25) is 0 Å². The van der Waals surface area contributed by atoms with Crippen LogP contribution >= 0.6 is 0 Å². The highest BCUT2D eigenvalue weighted by Crippen LogP contribution is 2.28. The molecule has 22 heavy (non-hydrogen) atoms. The van der Waals surface area contributed by atoms with Gasteiger partial charge in [-0.05, 0) is 43.7 Å². The summed E-state index contributed by atoms with van der Waals surface area (Å²) < 4.78 is 2.24. The standard InChI is InChI=1S/C19H33N3/c1-2-6-18-15-20-22(16-18)19-10-13-21(14-11-19)12-9-17-7-4-3-5-8-17/h15-17,19H,2-14H2,1H3. The third-order valence-electron chi connectivity index (χ3n) is 5.70. The predicted octanol–water partition coefficient (Wildman–Crippen LogP) is 4.44. The van der Waals surface area contributed by atoms with Crippen LogP contribution in [0.1, 0.15) is 76.3 Å². The molecule has 1 saturated heterocycles. The zero-order valence-electron chi connectivity index (χ0n) is 14.3. The highest BCUT2D eigenvalue weighted by Gasteiger charge is 2.22. The fraction of sp³-hybridized carbons (Fsp3) is 0.842. The number of hydrogen-bond acceptors (Lipinski definition) is 2. The van der Waals surface area contributed by atoms with Crippen LogP contribution in [0.15, 0.2) is 12.4 Å². The molecule has 0 unspecified atom stereocenters. The average Bonchev–Trinajstić information content (AvgIpc) is 3.03. The average molecular weight is 303 g/mol. The van der Waals surface area contributed by atoms with E-state index in [2.05, 4.69) is 34.0 Å². The molecule has 0 atom stereocenters. The van der Waals surface area contributed by atoms with E-state index < -0.39 is 0 Å². The Hall–Kier alpha value is -0.830. The van der Waals surface area contributed by atoms with Crippen LogP contribution in [0.25, 0.3) is 0 Å². The molecule has 124 valence electrons. The first-order chi connectivity index (χ1) is 10.8. The first-order valence-corrected chi connectivity index (χ1v) is 9.60. The minimum Gasteiger partial charge on any atom is -0.303 e. The zero-order valence-corrected chi connectivity index (χ0v) is 14.3. The lowest BCUT2D eigenvalue weighted by molar-refractivity contribution is 0.164. The summed E-state index contributed by atoms with van der Waals surface area (Å²) in [5.41, 5.74) is 1.40. The van der Waals surface area contributed by atoms with Crippen molar-refractivity contribution in [2.45, 2.75) is 77.2 Å². The quantitative estimate of drug-likeness (QED) is 0.774. The number of piperidine rings is 1. The Bertz CT molecular complexity index is 426. The molecule has 0 aromatic carbocycles. The van der Waals surface area contributed by atoms with E-state index in [-0.39, 0.29) is 0 Å². The van der Waals surface area contributed by atoms with Gasteiger partial charge in [0.25, 0.3) is 0 Å². The van der Waals surface area contributed by atoms with Crippen molar-refractivity contribution in [3.05, 3.63) is 18.0 Å². The number of aromatic nitrogens is 2. The molecule has 1 saturated carbocycles.